The van der Waals surface area contributed by atoms with Crippen LogP contribution < -0.4 is 5.32 Å². The molecule has 4 unspecified atom stereocenters. The van der Waals surface area contributed by atoms with Crippen molar-refractivity contribution in [3.05, 3.63) is 0 Å². The van der Waals surface area contributed by atoms with E-state index in [-0.39, 0.29) is 11.9 Å². The summed E-state index contributed by atoms with van der Waals surface area (Å²) in [5, 5.41) is 2.48. The number of likely N-dealkylation sites (N-methyl/N-ethyl adjacent to an activating group) is 1. The van der Waals surface area contributed by atoms with E-state index in [2.05, 4.69) is 35.9 Å². The van der Waals surface area contributed by atoms with Crippen LogP contribution in [0, 0.1) is 11.8 Å². The highest BCUT2D eigenvalue weighted by Crippen LogP contribution is 2.29. The van der Waals surface area contributed by atoms with Crippen molar-refractivity contribution in [2.24, 2.45) is 16.8 Å². The van der Waals surface area contributed by atoms with E-state index >= 15 is 0 Å². The second-order valence-corrected chi connectivity index (χ2v) is 7.94. The molecule has 0 bridgehead atoms. The number of hydrogen-bond donors (Lipinski definition) is 1. The number of urea groups is 1. The first-order valence-corrected chi connectivity index (χ1v) is 9.59. The lowest BCUT2D eigenvalue weighted by Crippen LogP contribution is -2.64. The monoisotopic (exact) mass is 349 g/mol. The van der Waals surface area contributed by atoms with Gasteiger partial charge in [0.15, 0.2) is 18.2 Å². The standard InChI is InChI=1S/C18H31N5O2/c1-5-6-7-8-23-14-15(21(4)18(25)20-16(14)24)19-17(23)22-10-12(2)9-13(3)11-22/h12-15H,5-11H2,1-4H3,(H,20,24,25). The summed E-state index contributed by atoms with van der Waals surface area (Å²) in [6.07, 6.45) is 4.11. The number of guanidine groups is 1. The summed E-state index contributed by atoms with van der Waals surface area (Å²) in [4.78, 5) is 35.4. The molecule has 3 aliphatic rings. The number of carbonyl (C=O) groups excluding carboxylic acids is 2. The van der Waals surface area contributed by atoms with Crippen molar-refractivity contribution >= 4 is 17.9 Å². The molecule has 0 aromatic heterocycles. The number of nitrogens with one attached hydrogen (secondary N) is 1. The fourth-order valence-corrected chi connectivity index (χ4v) is 4.37. The molecule has 25 heavy (non-hydrogen) atoms. The third-order valence-corrected chi connectivity index (χ3v) is 5.49. The fourth-order valence-electron chi connectivity index (χ4n) is 4.37. The highest BCUT2D eigenvalue weighted by molar-refractivity contribution is 6.03. The Hall–Kier alpha value is -1.79. The molecule has 0 saturated carbocycles. The maximum Gasteiger partial charge on any atom is 0.325 e. The maximum atomic E-state index is 12.5. The van der Waals surface area contributed by atoms with Crippen molar-refractivity contribution in [3.63, 3.8) is 0 Å². The molecule has 4 atom stereocenters. The molecule has 3 rings (SSSR count). The van der Waals surface area contributed by atoms with Crippen LogP contribution in [0.2, 0.25) is 0 Å². The van der Waals surface area contributed by atoms with E-state index in [1.54, 1.807) is 11.9 Å². The lowest BCUT2D eigenvalue weighted by molar-refractivity contribution is -0.127. The van der Waals surface area contributed by atoms with E-state index in [1.165, 1.54) is 6.42 Å². The molecule has 3 heterocycles. The first-order chi connectivity index (χ1) is 11.9. The molecule has 0 aromatic carbocycles. The normalized spacial score (nSPS) is 32.6. The van der Waals surface area contributed by atoms with Crippen molar-refractivity contribution in [2.75, 3.05) is 26.7 Å². The Bertz CT molecular complexity index is 554. The smallest absolute Gasteiger partial charge is 0.325 e. The van der Waals surface area contributed by atoms with Gasteiger partial charge in [0.1, 0.15) is 0 Å². The minimum Gasteiger partial charge on any atom is -0.342 e. The number of likely N-dealkylation sites (tertiary alicyclic amines) is 1. The third kappa shape index (κ3) is 3.46. The SMILES string of the molecule is CCCCCN1C(N2CC(C)CC(C)C2)=NC2C1C(=O)NC(=O)N2C. The van der Waals surface area contributed by atoms with Gasteiger partial charge in [0.2, 0.25) is 0 Å². The zero-order valence-electron chi connectivity index (χ0n) is 15.9. The molecule has 7 nitrogen and oxygen atoms in total. The summed E-state index contributed by atoms with van der Waals surface area (Å²) >= 11 is 0. The topological polar surface area (TPSA) is 68.2 Å². The number of fused-ring (bicyclic) bond motifs is 1. The van der Waals surface area contributed by atoms with Crippen molar-refractivity contribution in [1.29, 1.82) is 0 Å². The number of imide groups is 1. The molecule has 0 aliphatic carbocycles. The van der Waals surface area contributed by atoms with E-state index in [0.717, 1.165) is 44.9 Å². The van der Waals surface area contributed by atoms with Gasteiger partial charge >= 0.3 is 6.03 Å². The van der Waals surface area contributed by atoms with Gasteiger partial charge in [0.05, 0.1) is 0 Å². The Morgan fingerprint density at radius 1 is 1.16 bits per heavy atom. The quantitative estimate of drug-likeness (QED) is 0.785. The van der Waals surface area contributed by atoms with E-state index in [0.29, 0.717) is 11.8 Å². The second-order valence-electron chi connectivity index (χ2n) is 7.94. The van der Waals surface area contributed by atoms with Crippen LogP contribution in [0.5, 0.6) is 0 Å². The van der Waals surface area contributed by atoms with Crippen LogP contribution in [0.1, 0.15) is 46.5 Å². The lowest BCUT2D eigenvalue weighted by Gasteiger charge is -2.41. The van der Waals surface area contributed by atoms with Crippen molar-refractivity contribution < 1.29 is 9.59 Å². The van der Waals surface area contributed by atoms with Crippen LogP contribution in [-0.2, 0) is 4.79 Å². The number of aliphatic imine (C=N–C) groups is 1. The highest BCUT2D eigenvalue weighted by Gasteiger charge is 2.49. The molecule has 0 radical (unpaired) electrons. The number of hydrogen-bond acceptors (Lipinski definition) is 5. The van der Waals surface area contributed by atoms with Crippen LogP contribution >= 0.6 is 0 Å². The lowest BCUT2D eigenvalue weighted by atomic mass is 9.92. The largest absolute Gasteiger partial charge is 0.342 e. The van der Waals surface area contributed by atoms with Gasteiger partial charge in [-0.15, -0.1) is 0 Å². The van der Waals surface area contributed by atoms with Crippen LogP contribution in [0.3, 0.4) is 0 Å². The fraction of sp³-hybridized carbons (Fsp3) is 0.833. The molecule has 3 amide bonds. The van der Waals surface area contributed by atoms with Gasteiger partial charge in [0, 0.05) is 26.7 Å². The Kier molecular flexibility index (Phi) is 5.20. The molecule has 0 aromatic rings. The number of rotatable bonds is 4. The Labute approximate surface area is 150 Å². The van der Waals surface area contributed by atoms with Gasteiger partial charge in [0.25, 0.3) is 5.91 Å². The number of carbonyl (C=O) groups is 2. The number of nitrogens with zero attached hydrogens (tertiary/aromatic N) is 4. The Morgan fingerprint density at radius 2 is 1.84 bits per heavy atom. The molecular weight excluding hydrogens is 318 g/mol. The van der Waals surface area contributed by atoms with E-state index in [1.807, 2.05) is 0 Å². The maximum absolute atomic E-state index is 12.5. The Balaban J connectivity index is 1.86. The van der Waals surface area contributed by atoms with Crippen LogP contribution in [-0.4, -0.2) is 71.5 Å². The van der Waals surface area contributed by atoms with Gasteiger partial charge in [-0.2, -0.15) is 0 Å². The van der Waals surface area contributed by atoms with Crippen molar-refractivity contribution in [3.8, 4) is 0 Å². The number of amides is 3. The molecular formula is C18H31N5O2. The summed E-state index contributed by atoms with van der Waals surface area (Å²) in [5.41, 5.74) is 0. The molecule has 2 saturated heterocycles. The average molecular weight is 349 g/mol. The van der Waals surface area contributed by atoms with E-state index < -0.39 is 12.2 Å². The zero-order valence-corrected chi connectivity index (χ0v) is 15.9. The minimum atomic E-state index is -0.412. The minimum absolute atomic E-state index is 0.221. The third-order valence-electron chi connectivity index (χ3n) is 5.49. The van der Waals surface area contributed by atoms with Gasteiger partial charge in [-0.1, -0.05) is 33.6 Å². The number of unbranched alkanes of at least 4 members (excludes halogenated alkanes) is 2. The van der Waals surface area contributed by atoms with Crippen LogP contribution in [0.15, 0.2) is 4.99 Å². The molecule has 140 valence electrons. The predicted molar refractivity (Wildman–Crippen MR) is 97.1 cm³/mol. The molecule has 0 spiro atoms. The zero-order chi connectivity index (χ0) is 18.1. The number of piperidine rings is 1. The average Bonchev–Trinajstić information content (AvgIpc) is 2.92. The molecule has 2 fully saturated rings. The van der Waals surface area contributed by atoms with E-state index in [9.17, 15) is 9.59 Å². The first-order valence-electron chi connectivity index (χ1n) is 9.59. The second kappa shape index (κ2) is 7.22. The van der Waals surface area contributed by atoms with Crippen LogP contribution in [0.4, 0.5) is 4.79 Å². The summed E-state index contributed by atoms with van der Waals surface area (Å²) in [6, 6.07) is -0.757. The van der Waals surface area contributed by atoms with Gasteiger partial charge in [-0.25, -0.2) is 9.79 Å². The summed E-state index contributed by atoms with van der Waals surface area (Å²) in [6.45, 7) is 9.46. The van der Waals surface area contributed by atoms with Gasteiger partial charge in [-0.3, -0.25) is 10.1 Å². The molecule has 3 aliphatic heterocycles. The predicted octanol–water partition coefficient (Wildman–Crippen LogP) is 1.70. The van der Waals surface area contributed by atoms with Crippen molar-refractivity contribution in [2.45, 2.75) is 58.7 Å². The first kappa shape index (κ1) is 18.0. The van der Waals surface area contributed by atoms with Crippen molar-refractivity contribution in [1.82, 2.24) is 20.0 Å². The summed E-state index contributed by atoms with van der Waals surface area (Å²) in [7, 11) is 1.72. The van der Waals surface area contributed by atoms with Crippen LogP contribution in [0.25, 0.3) is 0 Å². The summed E-state index contributed by atoms with van der Waals surface area (Å²) in [5.74, 6) is 1.90. The van der Waals surface area contributed by atoms with Gasteiger partial charge < -0.3 is 14.7 Å². The highest BCUT2D eigenvalue weighted by atomic mass is 16.2. The van der Waals surface area contributed by atoms with Gasteiger partial charge in [-0.05, 0) is 24.7 Å². The molecule has 7 heteroatoms. The van der Waals surface area contributed by atoms with E-state index in [4.69, 9.17) is 4.99 Å². The molecule has 1 N–H and O–H groups in total. The summed E-state index contributed by atoms with van der Waals surface area (Å²) < 4.78 is 0. The Morgan fingerprint density at radius 3 is 2.48 bits per heavy atom.